The Morgan fingerprint density at radius 1 is 1.04 bits per heavy atom. The molecule has 2 aromatic carbocycles. The molecular formula is C18H16N4O3. The van der Waals surface area contributed by atoms with Gasteiger partial charge < -0.3 is 5.11 Å². The van der Waals surface area contributed by atoms with Crippen molar-refractivity contribution in [3.8, 4) is 0 Å². The molecule has 1 heterocycles. The first kappa shape index (κ1) is 16.5. The molecule has 0 fully saturated rings. The van der Waals surface area contributed by atoms with Crippen molar-refractivity contribution >= 4 is 29.0 Å². The third kappa shape index (κ3) is 3.45. The number of benzene rings is 2. The van der Waals surface area contributed by atoms with E-state index >= 15 is 0 Å². The van der Waals surface area contributed by atoms with Crippen molar-refractivity contribution in [1.82, 2.24) is 0 Å². The lowest BCUT2D eigenvalue weighted by atomic mass is 10.2. The van der Waals surface area contributed by atoms with E-state index in [1.165, 1.54) is 0 Å². The highest BCUT2D eigenvalue weighted by Gasteiger charge is 2.41. The van der Waals surface area contributed by atoms with Crippen molar-refractivity contribution < 1.29 is 14.7 Å². The van der Waals surface area contributed by atoms with Crippen LogP contribution < -0.4 is 5.01 Å². The fourth-order valence-corrected chi connectivity index (χ4v) is 2.32. The van der Waals surface area contributed by atoms with Crippen LogP contribution in [0.1, 0.15) is 11.1 Å². The van der Waals surface area contributed by atoms with E-state index in [-0.39, 0.29) is 5.71 Å². The van der Waals surface area contributed by atoms with Gasteiger partial charge in [-0.25, -0.2) is 4.79 Å². The van der Waals surface area contributed by atoms with Gasteiger partial charge in [-0.15, -0.1) is 0 Å². The maximum atomic E-state index is 12.6. The molecule has 0 aromatic heterocycles. The van der Waals surface area contributed by atoms with Crippen molar-refractivity contribution in [2.24, 2.45) is 15.3 Å². The molecule has 1 aliphatic heterocycles. The molecule has 126 valence electrons. The summed E-state index contributed by atoms with van der Waals surface area (Å²) >= 11 is 0. The molecule has 0 radical (unpaired) electrons. The van der Waals surface area contributed by atoms with Gasteiger partial charge in [-0.1, -0.05) is 35.4 Å². The van der Waals surface area contributed by atoms with Crippen LogP contribution in [-0.4, -0.2) is 28.7 Å². The van der Waals surface area contributed by atoms with Crippen LogP contribution in [0, 0.1) is 13.8 Å². The van der Waals surface area contributed by atoms with Crippen LogP contribution in [-0.2, 0) is 9.59 Å². The van der Waals surface area contributed by atoms with Gasteiger partial charge in [0.15, 0.2) is 5.71 Å². The SMILES string of the molecule is Cc1ccc(N=NC2C(=O)N(c3ccc(C)cc3)N=C2C(=O)O)cc1. The predicted octanol–water partition coefficient (Wildman–Crippen LogP) is 3.24. The molecule has 0 aliphatic carbocycles. The number of azo groups is 1. The third-order valence-electron chi connectivity index (χ3n) is 3.73. The number of aliphatic carboxylic acids is 1. The van der Waals surface area contributed by atoms with Crippen molar-refractivity contribution in [1.29, 1.82) is 0 Å². The molecule has 0 saturated carbocycles. The van der Waals surface area contributed by atoms with Crippen LogP contribution in [0.3, 0.4) is 0 Å². The minimum atomic E-state index is -1.30. The zero-order valence-corrected chi connectivity index (χ0v) is 13.7. The number of hydrogen-bond donors (Lipinski definition) is 1. The Hall–Kier alpha value is -3.35. The molecule has 1 N–H and O–H groups in total. The number of amides is 1. The van der Waals surface area contributed by atoms with E-state index in [9.17, 15) is 14.7 Å². The van der Waals surface area contributed by atoms with Crippen molar-refractivity contribution in [2.45, 2.75) is 19.9 Å². The maximum absolute atomic E-state index is 12.6. The van der Waals surface area contributed by atoms with Crippen LogP contribution in [0.15, 0.2) is 63.9 Å². The summed E-state index contributed by atoms with van der Waals surface area (Å²) in [6, 6.07) is 13.0. The van der Waals surface area contributed by atoms with E-state index in [4.69, 9.17) is 0 Å². The second kappa shape index (κ2) is 6.64. The molecule has 0 saturated heterocycles. The van der Waals surface area contributed by atoms with Gasteiger partial charge in [0.2, 0.25) is 6.04 Å². The molecule has 1 aliphatic rings. The molecule has 1 unspecified atom stereocenters. The van der Waals surface area contributed by atoms with Crippen LogP contribution >= 0.6 is 0 Å². The zero-order valence-electron chi connectivity index (χ0n) is 13.7. The molecule has 3 rings (SSSR count). The number of hydrogen-bond acceptors (Lipinski definition) is 5. The lowest BCUT2D eigenvalue weighted by Crippen LogP contribution is -2.33. The lowest BCUT2D eigenvalue weighted by Gasteiger charge is -2.12. The van der Waals surface area contributed by atoms with Crippen LogP contribution in [0.5, 0.6) is 0 Å². The summed E-state index contributed by atoms with van der Waals surface area (Å²) in [5.41, 5.74) is 2.77. The van der Waals surface area contributed by atoms with E-state index in [1.54, 1.807) is 24.3 Å². The number of carboxylic acids is 1. The van der Waals surface area contributed by atoms with Gasteiger partial charge in [0, 0.05) is 0 Å². The summed E-state index contributed by atoms with van der Waals surface area (Å²) in [4.78, 5) is 24.0. The average Bonchev–Trinajstić information content (AvgIpc) is 2.92. The molecule has 0 bridgehead atoms. The molecule has 1 amide bonds. The zero-order chi connectivity index (χ0) is 18.0. The first-order valence-corrected chi connectivity index (χ1v) is 7.65. The number of carboxylic acid groups (broad SMARTS) is 1. The topological polar surface area (TPSA) is 94.7 Å². The van der Waals surface area contributed by atoms with Gasteiger partial charge in [-0.05, 0) is 38.1 Å². The average molecular weight is 336 g/mol. The molecule has 7 heteroatoms. The number of aryl methyl sites for hydroxylation is 2. The van der Waals surface area contributed by atoms with E-state index in [0.717, 1.165) is 16.1 Å². The molecule has 7 nitrogen and oxygen atoms in total. The number of carbonyl (C=O) groups is 2. The largest absolute Gasteiger partial charge is 0.477 e. The van der Waals surface area contributed by atoms with Gasteiger partial charge in [0.1, 0.15) is 0 Å². The number of rotatable bonds is 4. The number of nitrogens with zero attached hydrogens (tertiary/aromatic N) is 4. The Balaban J connectivity index is 1.89. The summed E-state index contributed by atoms with van der Waals surface area (Å²) in [7, 11) is 0. The van der Waals surface area contributed by atoms with E-state index in [1.807, 2.05) is 38.1 Å². The fourth-order valence-electron chi connectivity index (χ4n) is 2.32. The van der Waals surface area contributed by atoms with Gasteiger partial charge >= 0.3 is 5.97 Å². The highest BCUT2D eigenvalue weighted by atomic mass is 16.4. The van der Waals surface area contributed by atoms with Crippen LogP contribution in [0.2, 0.25) is 0 Å². The molecule has 0 spiro atoms. The Labute approximate surface area is 144 Å². The summed E-state index contributed by atoms with van der Waals surface area (Å²) in [5, 5.41) is 22.2. The Morgan fingerprint density at radius 2 is 1.60 bits per heavy atom. The molecule has 2 aromatic rings. The molecular weight excluding hydrogens is 320 g/mol. The Bertz CT molecular complexity index is 870. The number of carbonyl (C=O) groups excluding carboxylic acids is 1. The third-order valence-corrected chi connectivity index (χ3v) is 3.73. The smallest absolute Gasteiger partial charge is 0.355 e. The van der Waals surface area contributed by atoms with Crippen molar-refractivity contribution in [2.75, 3.05) is 5.01 Å². The Kier molecular flexibility index (Phi) is 4.38. The van der Waals surface area contributed by atoms with E-state index in [0.29, 0.717) is 11.4 Å². The van der Waals surface area contributed by atoms with Crippen LogP contribution in [0.25, 0.3) is 0 Å². The van der Waals surface area contributed by atoms with Crippen molar-refractivity contribution in [3.63, 3.8) is 0 Å². The standard InChI is InChI=1S/C18H16N4O3/c1-11-3-7-13(8-4-11)19-20-15-16(18(24)25)21-22(17(15)23)14-9-5-12(2)6-10-14/h3-10,15H,1-2H3,(H,24,25). The lowest BCUT2D eigenvalue weighted by molar-refractivity contribution is -0.130. The summed E-state index contributed by atoms with van der Waals surface area (Å²) in [5.74, 6) is -1.84. The summed E-state index contributed by atoms with van der Waals surface area (Å²) in [6.07, 6.45) is 0. The highest BCUT2D eigenvalue weighted by molar-refractivity contribution is 6.45. The second-order valence-electron chi connectivity index (χ2n) is 5.73. The van der Waals surface area contributed by atoms with Gasteiger partial charge in [0.05, 0.1) is 11.4 Å². The summed E-state index contributed by atoms with van der Waals surface area (Å²) < 4.78 is 0. The van der Waals surface area contributed by atoms with E-state index in [2.05, 4.69) is 15.3 Å². The van der Waals surface area contributed by atoms with Gasteiger partial charge in [-0.2, -0.15) is 20.3 Å². The summed E-state index contributed by atoms with van der Waals surface area (Å²) in [6.45, 7) is 3.86. The number of anilines is 1. The maximum Gasteiger partial charge on any atom is 0.355 e. The Morgan fingerprint density at radius 3 is 2.16 bits per heavy atom. The normalized spacial score (nSPS) is 17.2. The first-order valence-electron chi connectivity index (χ1n) is 7.65. The van der Waals surface area contributed by atoms with Gasteiger partial charge in [0.25, 0.3) is 5.91 Å². The minimum absolute atomic E-state index is 0.346. The first-order chi connectivity index (χ1) is 12.0. The quantitative estimate of drug-likeness (QED) is 0.868. The van der Waals surface area contributed by atoms with Crippen LogP contribution in [0.4, 0.5) is 11.4 Å². The van der Waals surface area contributed by atoms with Gasteiger partial charge in [-0.3, -0.25) is 4.79 Å². The number of hydrazone groups is 1. The predicted molar refractivity (Wildman–Crippen MR) is 93.2 cm³/mol. The monoisotopic (exact) mass is 336 g/mol. The van der Waals surface area contributed by atoms with Crippen molar-refractivity contribution in [3.05, 3.63) is 59.7 Å². The second-order valence-corrected chi connectivity index (χ2v) is 5.73. The van der Waals surface area contributed by atoms with E-state index < -0.39 is 17.9 Å². The minimum Gasteiger partial charge on any atom is -0.477 e. The fraction of sp³-hybridized carbons (Fsp3) is 0.167. The molecule has 1 atom stereocenters. The highest BCUT2D eigenvalue weighted by Crippen LogP contribution is 2.24. The molecule has 25 heavy (non-hydrogen) atoms.